The first-order valence-electron chi connectivity index (χ1n) is 4.49. The maximum Gasteiger partial charge on any atom is 0.0616 e. The van der Waals surface area contributed by atoms with Crippen molar-refractivity contribution in [1.29, 1.82) is 0 Å². The van der Waals surface area contributed by atoms with Crippen molar-refractivity contribution in [1.82, 2.24) is 0 Å². The highest BCUT2D eigenvalue weighted by Crippen LogP contribution is 2.20. The molecule has 11 heavy (non-hydrogen) atoms. The van der Waals surface area contributed by atoms with E-state index < -0.39 is 0 Å². The molecule has 1 atom stereocenters. The van der Waals surface area contributed by atoms with Crippen LogP contribution in [0, 0.1) is 0 Å². The molecule has 1 aliphatic rings. The molecule has 1 heteroatoms. The summed E-state index contributed by atoms with van der Waals surface area (Å²) in [6, 6.07) is 0. The van der Waals surface area contributed by atoms with Gasteiger partial charge in [0.25, 0.3) is 0 Å². The summed E-state index contributed by atoms with van der Waals surface area (Å²) in [6.45, 7) is 6.40. The van der Waals surface area contributed by atoms with Gasteiger partial charge < -0.3 is 4.74 Å². The first-order chi connectivity index (χ1) is 5.18. The minimum atomic E-state index is 0.381. The van der Waals surface area contributed by atoms with E-state index in [2.05, 4.69) is 26.8 Å². The molecule has 0 aliphatic heterocycles. The summed E-state index contributed by atoms with van der Waals surface area (Å²) in [6.07, 6.45) is 6.71. The molecule has 0 N–H and O–H groups in total. The lowest BCUT2D eigenvalue weighted by Gasteiger charge is -2.22. The van der Waals surface area contributed by atoms with Gasteiger partial charge in [-0.2, -0.15) is 0 Å². The maximum absolute atomic E-state index is 5.69. The molecule has 0 spiro atoms. The van der Waals surface area contributed by atoms with E-state index in [-0.39, 0.29) is 0 Å². The Bertz CT molecular complexity index is 147. The Morgan fingerprint density at radius 3 is 2.73 bits per heavy atom. The van der Waals surface area contributed by atoms with Crippen LogP contribution in [0.25, 0.3) is 0 Å². The van der Waals surface area contributed by atoms with E-state index in [1.165, 1.54) is 18.4 Å². The van der Waals surface area contributed by atoms with E-state index in [1.54, 1.807) is 0 Å². The molecule has 0 aromatic heterocycles. The number of allylic oxidation sites excluding steroid dienone is 1. The first kappa shape index (κ1) is 8.79. The van der Waals surface area contributed by atoms with Crippen molar-refractivity contribution in [2.75, 3.05) is 0 Å². The zero-order valence-electron chi connectivity index (χ0n) is 7.76. The molecule has 0 bridgehead atoms. The summed E-state index contributed by atoms with van der Waals surface area (Å²) in [7, 11) is 0. The number of ether oxygens (including phenoxy) is 1. The van der Waals surface area contributed by atoms with E-state index in [0.29, 0.717) is 12.2 Å². The summed E-state index contributed by atoms with van der Waals surface area (Å²) in [5.74, 6) is 0. The smallest absolute Gasteiger partial charge is 0.0616 e. The molecule has 0 aromatic carbocycles. The van der Waals surface area contributed by atoms with Crippen LogP contribution in [-0.2, 0) is 4.74 Å². The van der Waals surface area contributed by atoms with Crippen molar-refractivity contribution in [3.05, 3.63) is 11.6 Å². The lowest BCUT2D eigenvalue weighted by molar-refractivity contribution is 0.00290. The molecule has 0 amide bonds. The van der Waals surface area contributed by atoms with Crippen LogP contribution in [0.4, 0.5) is 0 Å². The molecule has 0 saturated carbocycles. The monoisotopic (exact) mass is 154 g/mol. The van der Waals surface area contributed by atoms with Crippen LogP contribution in [0.5, 0.6) is 0 Å². The Morgan fingerprint density at radius 1 is 1.55 bits per heavy atom. The van der Waals surface area contributed by atoms with Gasteiger partial charge in [0.1, 0.15) is 0 Å². The molecule has 1 unspecified atom stereocenters. The fourth-order valence-corrected chi connectivity index (χ4v) is 1.45. The maximum atomic E-state index is 5.69. The Labute approximate surface area is 69.4 Å². The van der Waals surface area contributed by atoms with Crippen LogP contribution < -0.4 is 0 Å². The Hall–Kier alpha value is -0.300. The second kappa shape index (κ2) is 3.91. The third-order valence-electron chi connectivity index (χ3n) is 2.05. The fourth-order valence-electron chi connectivity index (χ4n) is 1.45. The van der Waals surface area contributed by atoms with Gasteiger partial charge in [-0.15, -0.1) is 0 Å². The summed E-state index contributed by atoms with van der Waals surface area (Å²) in [5.41, 5.74) is 1.52. The fraction of sp³-hybridized carbons (Fsp3) is 0.800. The van der Waals surface area contributed by atoms with Crippen LogP contribution in [0.2, 0.25) is 0 Å². The first-order valence-corrected chi connectivity index (χ1v) is 4.49. The highest BCUT2D eigenvalue weighted by atomic mass is 16.5. The van der Waals surface area contributed by atoms with Gasteiger partial charge in [-0.25, -0.2) is 0 Å². The van der Waals surface area contributed by atoms with Crippen LogP contribution in [-0.4, -0.2) is 12.2 Å². The summed E-state index contributed by atoms with van der Waals surface area (Å²) in [4.78, 5) is 0. The van der Waals surface area contributed by atoms with Gasteiger partial charge in [0, 0.05) is 0 Å². The lowest BCUT2D eigenvalue weighted by atomic mass is 9.98. The summed E-state index contributed by atoms with van der Waals surface area (Å²) in [5, 5.41) is 0. The van der Waals surface area contributed by atoms with Gasteiger partial charge in [0.2, 0.25) is 0 Å². The number of hydrogen-bond donors (Lipinski definition) is 0. The van der Waals surface area contributed by atoms with E-state index in [1.807, 2.05) is 0 Å². The number of hydrogen-bond acceptors (Lipinski definition) is 1. The van der Waals surface area contributed by atoms with E-state index in [4.69, 9.17) is 4.74 Å². The van der Waals surface area contributed by atoms with E-state index in [0.717, 1.165) is 6.42 Å². The van der Waals surface area contributed by atoms with Crippen molar-refractivity contribution in [3.8, 4) is 0 Å². The van der Waals surface area contributed by atoms with Crippen molar-refractivity contribution in [3.63, 3.8) is 0 Å². The zero-order valence-corrected chi connectivity index (χ0v) is 7.76. The third kappa shape index (κ3) is 3.06. The molecule has 1 rings (SSSR count). The highest BCUT2D eigenvalue weighted by Gasteiger charge is 2.13. The molecular weight excluding hydrogens is 136 g/mol. The average Bonchev–Trinajstić information content (AvgIpc) is 1.93. The number of rotatable bonds is 2. The van der Waals surface area contributed by atoms with Crippen LogP contribution in [0.1, 0.15) is 40.0 Å². The van der Waals surface area contributed by atoms with Gasteiger partial charge in [0.05, 0.1) is 12.2 Å². The Kier molecular flexibility index (Phi) is 3.13. The predicted molar refractivity (Wildman–Crippen MR) is 47.6 cm³/mol. The van der Waals surface area contributed by atoms with Gasteiger partial charge >= 0.3 is 0 Å². The Balaban J connectivity index is 2.29. The molecule has 0 aromatic rings. The highest BCUT2D eigenvalue weighted by molar-refractivity contribution is 5.03. The van der Waals surface area contributed by atoms with Crippen LogP contribution in [0.3, 0.4) is 0 Å². The second-order valence-electron chi connectivity index (χ2n) is 3.63. The molecular formula is C10H18O. The molecule has 0 saturated heterocycles. The van der Waals surface area contributed by atoms with Crippen molar-refractivity contribution in [2.45, 2.75) is 52.2 Å². The van der Waals surface area contributed by atoms with E-state index in [9.17, 15) is 0 Å². The SMILES string of the molecule is CC1=CCC(OC(C)C)CC1. The van der Waals surface area contributed by atoms with Crippen LogP contribution >= 0.6 is 0 Å². The zero-order chi connectivity index (χ0) is 8.27. The molecule has 1 aliphatic carbocycles. The normalized spacial score (nSPS) is 25.5. The molecule has 0 radical (unpaired) electrons. The standard InChI is InChI=1S/C10H18O/c1-8(2)11-10-6-4-9(3)5-7-10/h4,8,10H,5-7H2,1-3H3. The van der Waals surface area contributed by atoms with E-state index >= 15 is 0 Å². The summed E-state index contributed by atoms with van der Waals surface area (Å²) >= 11 is 0. The minimum Gasteiger partial charge on any atom is -0.375 e. The minimum absolute atomic E-state index is 0.381. The lowest BCUT2D eigenvalue weighted by Crippen LogP contribution is -2.19. The molecule has 0 fully saturated rings. The molecule has 0 heterocycles. The molecule has 64 valence electrons. The van der Waals surface area contributed by atoms with Gasteiger partial charge in [0.15, 0.2) is 0 Å². The van der Waals surface area contributed by atoms with Gasteiger partial charge in [-0.1, -0.05) is 11.6 Å². The van der Waals surface area contributed by atoms with Crippen molar-refractivity contribution in [2.24, 2.45) is 0 Å². The van der Waals surface area contributed by atoms with Gasteiger partial charge in [-0.05, 0) is 40.0 Å². The molecule has 1 nitrogen and oxygen atoms in total. The average molecular weight is 154 g/mol. The quantitative estimate of drug-likeness (QED) is 0.556. The third-order valence-corrected chi connectivity index (χ3v) is 2.05. The topological polar surface area (TPSA) is 9.23 Å². The second-order valence-corrected chi connectivity index (χ2v) is 3.63. The van der Waals surface area contributed by atoms with Gasteiger partial charge in [-0.3, -0.25) is 0 Å². The Morgan fingerprint density at radius 2 is 2.27 bits per heavy atom. The van der Waals surface area contributed by atoms with Crippen molar-refractivity contribution < 1.29 is 4.74 Å². The largest absolute Gasteiger partial charge is 0.375 e. The van der Waals surface area contributed by atoms with Crippen LogP contribution in [0.15, 0.2) is 11.6 Å². The predicted octanol–water partition coefficient (Wildman–Crippen LogP) is 2.91. The van der Waals surface area contributed by atoms with Crippen molar-refractivity contribution >= 4 is 0 Å². The summed E-state index contributed by atoms with van der Waals surface area (Å²) < 4.78 is 5.69.